The van der Waals surface area contributed by atoms with Gasteiger partial charge in [0, 0.05) is 31.8 Å². The second-order valence-corrected chi connectivity index (χ2v) is 5.42. The van der Waals surface area contributed by atoms with Gasteiger partial charge >= 0.3 is 6.03 Å². The van der Waals surface area contributed by atoms with E-state index in [1.807, 2.05) is 6.92 Å². The fourth-order valence-corrected chi connectivity index (χ4v) is 2.71. The highest BCUT2D eigenvalue weighted by Gasteiger charge is 2.27. The Morgan fingerprint density at radius 3 is 2.96 bits per heavy atom. The van der Waals surface area contributed by atoms with Gasteiger partial charge in [0.1, 0.15) is 11.6 Å². The van der Waals surface area contributed by atoms with E-state index in [0.717, 1.165) is 19.4 Å². The molecule has 0 aliphatic carbocycles. The predicted molar refractivity (Wildman–Crippen MR) is 82.9 cm³/mol. The molecule has 1 aromatic rings. The van der Waals surface area contributed by atoms with Gasteiger partial charge in [-0.15, -0.1) is 0 Å². The quantitative estimate of drug-likeness (QED) is 0.869. The summed E-state index contributed by atoms with van der Waals surface area (Å²) in [5.41, 5.74) is 3.38. The summed E-state index contributed by atoms with van der Waals surface area (Å²) in [6.45, 7) is 3.44. The van der Waals surface area contributed by atoms with Crippen molar-refractivity contribution in [2.24, 2.45) is 0 Å². The van der Waals surface area contributed by atoms with E-state index in [9.17, 15) is 14.0 Å². The topological polar surface area (TPSA) is 73.9 Å². The van der Waals surface area contributed by atoms with Gasteiger partial charge in [0.15, 0.2) is 6.61 Å². The molecule has 2 N–H and O–H groups in total. The Hall–Kier alpha value is -2.35. The van der Waals surface area contributed by atoms with E-state index in [1.165, 1.54) is 22.0 Å². The molecule has 3 amide bonds. The Morgan fingerprint density at radius 2 is 2.26 bits per heavy atom. The molecule has 0 saturated carbocycles. The number of nitrogens with zero attached hydrogens (tertiary/aromatic N) is 2. The number of hydrogen-bond donors (Lipinski definition) is 2. The van der Waals surface area contributed by atoms with E-state index in [1.54, 1.807) is 0 Å². The average Bonchev–Trinajstić information content (AvgIpc) is 2.56. The number of halogens is 1. The highest BCUT2D eigenvalue weighted by molar-refractivity contribution is 5.99. The van der Waals surface area contributed by atoms with Gasteiger partial charge in [-0.3, -0.25) is 9.80 Å². The number of fused-ring (bicyclic) bond motifs is 1. The lowest BCUT2D eigenvalue weighted by atomic mass is 10.2. The molecule has 0 radical (unpaired) electrons. The Balaban J connectivity index is 1.81. The van der Waals surface area contributed by atoms with E-state index < -0.39 is 11.8 Å². The minimum absolute atomic E-state index is 0.0338. The summed E-state index contributed by atoms with van der Waals surface area (Å²) >= 11 is 0. The molecule has 8 heteroatoms. The standard InChI is InChI=1S/C15H19FN4O3/c1-2-19-12-7-10(16)11(8-13(12)23-9-14(19)21)18-15(22)20-6-4-3-5-17-20/h7-8,17H,2-6,9H2,1H3,(H,18,22). The van der Waals surface area contributed by atoms with Gasteiger partial charge in [0.25, 0.3) is 5.91 Å². The molecule has 3 rings (SSSR count). The Bertz CT molecular complexity index is 631. The first-order valence-corrected chi connectivity index (χ1v) is 7.69. The van der Waals surface area contributed by atoms with Crippen molar-refractivity contribution in [3.63, 3.8) is 0 Å². The molecule has 2 aliphatic heterocycles. The van der Waals surface area contributed by atoms with E-state index in [0.29, 0.717) is 24.5 Å². The first-order valence-electron chi connectivity index (χ1n) is 7.69. The fourth-order valence-electron chi connectivity index (χ4n) is 2.71. The van der Waals surface area contributed by atoms with Gasteiger partial charge < -0.3 is 15.0 Å². The van der Waals surface area contributed by atoms with Crippen LogP contribution in [-0.2, 0) is 4.79 Å². The Labute approximate surface area is 133 Å². The van der Waals surface area contributed by atoms with Crippen molar-refractivity contribution in [2.75, 3.05) is 36.5 Å². The molecule has 2 heterocycles. The summed E-state index contributed by atoms with van der Waals surface area (Å²) in [6.07, 6.45) is 1.91. The van der Waals surface area contributed by atoms with Gasteiger partial charge in [-0.2, -0.15) is 0 Å². The van der Waals surface area contributed by atoms with Crippen molar-refractivity contribution in [3.8, 4) is 5.75 Å². The molecule has 0 unspecified atom stereocenters. The fraction of sp³-hybridized carbons (Fsp3) is 0.467. The number of nitrogens with one attached hydrogen (secondary N) is 2. The van der Waals surface area contributed by atoms with Crippen LogP contribution < -0.4 is 20.4 Å². The summed E-state index contributed by atoms with van der Waals surface area (Å²) in [5, 5.41) is 3.98. The first-order chi connectivity index (χ1) is 11.1. The first kappa shape index (κ1) is 15.5. The molecular formula is C15H19FN4O3. The van der Waals surface area contributed by atoms with Crippen molar-refractivity contribution < 1.29 is 18.7 Å². The number of likely N-dealkylation sites (N-methyl/N-ethyl adjacent to an activating group) is 1. The lowest BCUT2D eigenvalue weighted by Gasteiger charge is -2.30. The van der Waals surface area contributed by atoms with Crippen LogP contribution in [0.4, 0.5) is 20.6 Å². The number of carbonyl (C=O) groups is 2. The van der Waals surface area contributed by atoms with Crippen LogP contribution in [0.1, 0.15) is 19.8 Å². The smallest absolute Gasteiger partial charge is 0.336 e. The van der Waals surface area contributed by atoms with Crippen LogP contribution >= 0.6 is 0 Å². The predicted octanol–water partition coefficient (Wildman–Crippen LogP) is 1.70. The van der Waals surface area contributed by atoms with Crippen LogP contribution in [0.2, 0.25) is 0 Å². The SMILES string of the molecule is CCN1C(=O)COc2cc(NC(=O)N3CCCCN3)c(F)cc21. The van der Waals surface area contributed by atoms with Crippen LogP contribution in [0, 0.1) is 5.82 Å². The van der Waals surface area contributed by atoms with E-state index >= 15 is 0 Å². The minimum atomic E-state index is -0.606. The molecule has 7 nitrogen and oxygen atoms in total. The Morgan fingerprint density at radius 1 is 1.43 bits per heavy atom. The molecule has 23 heavy (non-hydrogen) atoms. The highest BCUT2D eigenvalue weighted by atomic mass is 19.1. The van der Waals surface area contributed by atoms with Crippen molar-refractivity contribution >= 4 is 23.3 Å². The van der Waals surface area contributed by atoms with Crippen molar-refractivity contribution in [2.45, 2.75) is 19.8 Å². The van der Waals surface area contributed by atoms with Crippen LogP contribution in [0.3, 0.4) is 0 Å². The third-order valence-corrected chi connectivity index (χ3v) is 3.91. The lowest BCUT2D eigenvalue weighted by molar-refractivity contribution is -0.121. The second kappa shape index (κ2) is 6.41. The van der Waals surface area contributed by atoms with Crippen LogP contribution in [0.15, 0.2) is 12.1 Å². The number of carbonyl (C=O) groups excluding carboxylic acids is 2. The van der Waals surface area contributed by atoms with Crippen LogP contribution in [-0.4, -0.2) is 43.2 Å². The zero-order valence-electron chi connectivity index (χ0n) is 12.9. The maximum absolute atomic E-state index is 14.3. The van der Waals surface area contributed by atoms with Gasteiger partial charge in [-0.25, -0.2) is 14.6 Å². The summed E-state index contributed by atoms with van der Waals surface area (Å²) in [6, 6.07) is 2.22. The van der Waals surface area contributed by atoms with E-state index in [-0.39, 0.29) is 18.2 Å². The molecule has 0 spiro atoms. The monoisotopic (exact) mass is 322 g/mol. The summed E-state index contributed by atoms with van der Waals surface area (Å²) in [4.78, 5) is 25.4. The number of ether oxygens (including phenoxy) is 1. The number of rotatable bonds is 2. The van der Waals surface area contributed by atoms with Crippen molar-refractivity contribution in [1.29, 1.82) is 0 Å². The molecule has 124 valence electrons. The zero-order valence-corrected chi connectivity index (χ0v) is 12.9. The number of anilines is 2. The van der Waals surface area contributed by atoms with Gasteiger partial charge in [-0.1, -0.05) is 0 Å². The maximum Gasteiger partial charge on any atom is 0.336 e. The number of benzene rings is 1. The highest BCUT2D eigenvalue weighted by Crippen LogP contribution is 2.36. The summed E-state index contributed by atoms with van der Waals surface area (Å²) < 4.78 is 19.6. The summed E-state index contributed by atoms with van der Waals surface area (Å²) in [7, 11) is 0. The van der Waals surface area contributed by atoms with Crippen LogP contribution in [0.25, 0.3) is 0 Å². The maximum atomic E-state index is 14.3. The average molecular weight is 322 g/mol. The summed E-state index contributed by atoms with van der Waals surface area (Å²) in [5.74, 6) is -0.436. The van der Waals surface area contributed by atoms with E-state index in [4.69, 9.17) is 4.74 Å². The molecule has 1 saturated heterocycles. The minimum Gasteiger partial charge on any atom is -0.481 e. The van der Waals surface area contributed by atoms with Gasteiger partial charge in [0.05, 0.1) is 11.4 Å². The normalized spacial score (nSPS) is 17.6. The van der Waals surface area contributed by atoms with E-state index in [2.05, 4.69) is 10.7 Å². The number of hydrogen-bond acceptors (Lipinski definition) is 4. The Kier molecular flexibility index (Phi) is 4.33. The molecule has 2 aliphatic rings. The third kappa shape index (κ3) is 3.07. The van der Waals surface area contributed by atoms with Gasteiger partial charge in [0.2, 0.25) is 0 Å². The lowest BCUT2D eigenvalue weighted by Crippen LogP contribution is -2.49. The molecule has 0 atom stereocenters. The molecule has 1 aromatic carbocycles. The van der Waals surface area contributed by atoms with Gasteiger partial charge in [-0.05, 0) is 19.8 Å². The molecule has 0 aromatic heterocycles. The molecule has 0 bridgehead atoms. The van der Waals surface area contributed by atoms with Crippen molar-refractivity contribution in [1.82, 2.24) is 10.4 Å². The number of amides is 3. The molecular weight excluding hydrogens is 303 g/mol. The molecule has 1 fully saturated rings. The third-order valence-electron chi connectivity index (χ3n) is 3.91. The number of urea groups is 1. The zero-order chi connectivity index (χ0) is 16.4. The second-order valence-electron chi connectivity index (χ2n) is 5.42. The van der Waals surface area contributed by atoms with Crippen LogP contribution in [0.5, 0.6) is 5.75 Å². The largest absolute Gasteiger partial charge is 0.481 e. The van der Waals surface area contributed by atoms with Crippen molar-refractivity contribution in [3.05, 3.63) is 17.9 Å². The number of hydrazine groups is 1.